The van der Waals surface area contributed by atoms with Crippen molar-refractivity contribution in [2.45, 2.75) is 38.7 Å². The Bertz CT molecular complexity index is 606. The topological polar surface area (TPSA) is 60.2 Å². The summed E-state index contributed by atoms with van der Waals surface area (Å²) >= 11 is 0. The molecule has 0 bridgehead atoms. The van der Waals surface area contributed by atoms with Gasteiger partial charge in [0.1, 0.15) is 5.75 Å². The van der Waals surface area contributed by atoms with Gasteiger partial charge in [0.15, 0.2) is 0 Å². The van der Waals surface area contributed by atoms with E-state index in [-0.39, 0.29) is 6.10 Å². The fourth-order valence-electron chi connectivity index (χ4n) is 2.28. The predicted molar refractivity (Wildman–Crippen MR) is 77.3 cm³/mol. The van der Waals surface area contributed by atoms with Gasteiger partial charge >= 0.3 is 0 Å². The van der Waals surface area contributed by atoms with Crippen molar-refractivity contribution in [3.8, 4) is 5.75 Å². The number of hydrogen-bond acceptors (Lipinski definition) is 4. The van der Waals surface area contributed by atoms with Gasteiger partial charge in [0, 0.05) is 17.0 Å². The molecule has 3 rings (SSSR count). The van der Waals surface area contributed by atoms with Gasteiger partial charge in [-0.05, 0) is 51.0 Å². The first kappa shape index (κ1) is 12.2. The highest BCUT2D eigenvalue weighted by Crippen LogP contribution is 2.41. The van der Waals surface area contributed by atoms with Gasteiger partial charge in [-0.15, -0.1) is 0 Å². The lowest BCUT2D eigenvalue weighted by Gasteiger charge is -2.13. The van der Waals surface area contributed by atoms with Gasteiger partial charge in [0.05, 0.1) is 17.3 Å². The van der Waals surface area contributed by atoms with Crippen LogP contribution in [-0.4, -0.2) is 11.1 Å². The Morgan fingerprint density at radius 2 is 2.11 bits per heavy atom. The number of rotatable bonds is 4. The van der Waals surface area contributed by atoms with Gasteiger partial charge in [-0.1, -0.05) is 0 Å². The number of pyridine rings is 1. The molecule has 100 valence electrons. The summed E-state index contributed by atoms with van der Waals surface area (Å²) < 4.78 is 5.72. The summed E-state index contributed by atoms with van der Waals surface area (Å²) in [5.74, 6) is 7.10. The third kappa shape index (κ3) is 2.49. The Hall–Kier alpha value is -1.81. The number of nitrogen functional groups attached to an aromatic ring is 1. The fraction of sp³-hybridized carbons (Fsp3) is 0.400. The van der Waals surface area contributed by atoms with E-state index in [1.54, 1.807) is 0 Å². The Kier molecular flexibility index (Phi) is 3.03. The summed E-state index contributed by atoms with van der Waals surface area (Å²) in [4.78, 5) is 4.71. The Morgan fingerprint density at radius 1 is 1.32 bits per heavy atom. The van der Waals surface area contributed by atoms with E-state index in [1.807, 2.05) is 32.0 Å². The summed E-state index contributed by atoms with van der Waals surface area (Å²) in [6.07, 6.45) is 2.62. The molecule has 0 amide bonds. The van der Waals surface area contributed by atoms with Crippen molar-refractivity contribution in [1.29, 1.82) is 0 Å². The second-order valence-corrected chi connectivity index (χ2v) is 5.36. The maximum absolute atomic E-state index is 5.72. The number of nitrogens with one attached hydrogen (secondary N) is 1. The summed E-state index contributed by atoms with van der Waals surface area (Å²) in [5, 5.41) is 1.00. The predicted octanol–water partition coefficient (Wildman–Crippen LogP) is 3.19. The van der Waals surface area contributed by atoms with Crippen LogP contribution in [0.1, 0.15) is 38.3 Å². The van der Waals surface area contributed by atoms with Crippen LogP contribution in [0.4, 0.5) is 5.69 Å². The minimum atomic E-state index is 0.158. The van der Waals surface area contributed by atoms with Crippen molar-refractivity contribution in [1.82, 2.24) is 4.98 Å². The van der Waals surface area contributed by atoms with Crippen LogP contribution in [0.25, 0.3) is 10.9 Å². The number of ether oxygens (including phenoxy) is 1. The fourth-order valence-corrected chi connectivity index (χ4v) is 2.28. The lowest BCUT2D eigenvalue weighted by molar-refractivity contribution is 0.243. The first-order valence-electron chi connectivity index (χ1n) is 6.75. The van der Waals surface area contributed by atoms with Crippen molar-refractivity contribution in [2.75, 3.05) is 5.43 Å². The summed E-state index contributed by atoms with van der Waals surface area (Å²) in [6.45, 7) is 4.03. The molecule has 1 saturated carbocycles. The minimum Gasteiger partial charge on any atom is -0.491 e. The minimum absolute atomic E-state index is 0.158. The maximum Gasteiger partial charge on any atom is 0.120 e. The molecule has 2 aromatic rings. The van der Waals surface area contributed by atoms with Gasteiger partial charge in [-0.3, -0.25) is 10.8 Å². The first-order valence-corrected chi connectivity index (χ1v) is 6.75. The first-order chi connectivity index (χ1) is 9.17. The third-order valence-corrected chi connectivity index (χ3v) is 3.32. The molecule has 0 atom stereocenters. The van der Waals surface area contributed by atoms with Gasteiger partial charge in [-0.25, -0.2) is 0 Å². The number of nitrogens with zero attached hydrogens (tertiary/aromatic N) is 1. The number of nitrogens with two attached hydrogens (primary N) is 1. The zero-order valence-electron chi connectivity index (χ0n) is 11.3. The van der Waals surface area contributed by atoms with Crippen LogP contribution in [0.5, 0.6) is 5.75 Å². The highest BCUT2D eigenvalue weighted by molar-refractivity contribution is 5.92. The van der Waals surface area contributed by atoms with Gasteiger partial charge in [0.25, 0.3) is 0 Å². The van der Waals surface area contributed by atoms with Crippen LogP contribution >= 0.6 is 0 Å². The van der Waals surface area contributed by atoms with E-state index in [0.717, 1.165) is 28.0 Å². The van der Waals surface area contributed by atoms with E-state index in [0.29, 0.717) is 5.92 Å². The molecule has 1 aliphatic carbocycles. The van der Waals surface area contributed by atoms with Gasteiger partial charge in [0.2, 0.25) is 0 Å². The molecule has 0 aliphatic heterocycles. The highest BCUT2D eigenvalue weighted by atomic mass is 16.5. The SMILES string of the molecule is CC(C)Oc1ccc2nc(C3CC3)cc(NN)c2c1. The van der Waals surface area contributed by atoms with E-state index in [2.05, 4.69) is 11.5 Å². The van der Waals surface area contributed by atoms with E-state index in [1.165, 1.54) is 12.8 Å². The zero-order chi connectivity index (χ0) is 13.4. The Balaban J connectivity index is 2.08. The summed E-state index contributed by atoms with van der Waals surface area (Å²) in [5.41, 5.74) is 5.80. The van der Waals surface area contributed by atoms with E-state index >= 15 is 0 Å². The van der Waals surface area contributed by atoms with Crippen LogP contribution in [-0.2, 0) is 0 Å². The molecule has 4 nitrogen and oxygen atoms in total. The van der Waals surface area contributed by atoms with E-state index in [4.69, 9.17) is 15.6 Å². The molecule has 4 heteroatoms. The Labute approximate surface area is 112 Å². The van der Waals surface area contributed by atoms with Crippen LogP contribution in [0, 0.1) is 0 Å². The molecule has 1 aromatic carbocycles. The molecule has 1 aliphatic rings. The van der Waals surface area contributed by atoms with E-state index in [9.17, 15) is 0 Å². The average Bonchev–Trinajstić information content (AvgIpc) is 3.21. The van der Waals surface area contributed by atoms with Crippen molar-refractivity contribution in [3.63, 3.8) is 0 Å². The quantitative estimate of drug-likeness (QED) is 0.652. The Morgan fingerprint density at radius 3 is 2.74 bits per heavy atom. The molecule has 19 heavy (non-hydrogen) atoms. The monoisotopic (exact) mass is 257 g/mol. The van der Waals surface area contributed by atoms with E-state index < -0.39 is 0 Å². The maximum atomic E-state index is 5.72. The van der Waals surface area contributed by atoms with Crippen molar-refractivity contribution in [2.24, 2.45) is 5.84 Å². The molecule has 0 spiro atoms. The number of hydrogen-bond donors (Lipinski definition) is 2. The van der Waals surface area contributed by atoms with Crippen LogP contribution in [0.15, 0.2) is 24.3 Å². The average molecular weight is 257 g/mol. The number of hydrazine groups is 1. The second kappa shape index (κ2) is 4.70. The molecule has 0 radical (unpaired) electrons. The van der Waals surface area contributed by atoms with Crippen LogP contribution in [0.2, 0.25) is 0 Å². The second-order valence-electron chi connectivity index (χ2n) is 5.36. The number of benzene rings is 1. The molecular weight excluding hydrogens is 238 g/mol. The van der Waals surface area contributed by atoms with Gasteiger partial charge < -0.3 is 10.2 Å². The lowest BCUT2D eigenvalue weighted by Crippen LogP contribution is -2.09. The van der Waals surface area contributed by atoms with Crippen molar-refractivity contribution < 1.29 is 4.74 Å². The molecular formula is C15H19N3O. The van der Waals surface area contributed by atoms with Crippen molar-refractivity contribution >= 4 is 16.6 Å². The van der Waals surface area contributed by atoms with Crippen LogP contribution in [0.3, 0.4) is 0 Å². The smallest absolute Gasteiger partial charge is 0.120 e. The molecule has 1 fully saturated rings. The highest BCUT2D eigenvalue weighted by Gasteiger charge is 2.26. The largest absolute Gasteiger partial charge is 0.491 e. The molecule has 3 N–H and O–H groups in total. The van der Waals surface area contributed by atoms with Gasteiger partial charge in [-0.2, -0.15) is 0 Å². The molecule has 0 saturated heterocycles. The van der Waals surface area contributed by atoms with Crippen LogP contribution < -0.4 is 16.0 Å². The standard InChI is InChI=1S/C15H19N3O/c1-9(2)19-11-5-6-13-12(7-11)15(18-16)8-14(17-13)10-3-4-10/h5-10H,3-4,16H2,1-2H3,(H,17,18). The molecule has 0 unspecified atom stereocenters. The lowest BCUT2D eigenvalue weighted by atomic mass is 10.1. The number of fused-ring (bicyclic) bond motifs is 1. The summed E-state index contributed by atoms with van der Waals surface area (Å²) in [6, 6.07) is 8.01. The normalized spacial score (nSPS) is 14.9. The number of anilines is 1. The molecule has 1 heterocycles. The molecule has 1 aromatic heterocycles. The number of aromatic nitrogens is 1. The zero-order valence-corrected chi connectivity index (χ0v) is 11.3. The third-order valence-electron chi connectivity index (χ3n) is 3.32. The summed E-state index contributed by atoms with van der Waals surface area (Å²) in [7, 11) is 0. The van der Waals surface area contributed by atoms with Crippen molar-refractivity contribution in [3.05, 3.63) is 30.0 Å².